The molecule has 3 nitrogen and oxygen atoms in total. The standard InChI is InChI=1S/C15H12N2OS/c18-14(11-5-2-1-3-6-11)9-12-10-19-15(17-12)13-7-4-8-16-13/h1-8,10,16H,9H2. The lowest BCUT2D eigenvalue weighted by atomic mass is 10.1. The Labute approximate surface area is 115 Å². The number of thiazole rings is 1. The minimum Gasteiger partial charge on any atom is -0.359 e. The van der Waals surface area contributed by atoms with Gasteiger partial charge in [0.05, 0.1) is 17.8 Å². The third-order valence-corrected chi connectivity index (χ3v) is 3.74. The molecule has 19 heavy (non-hydrogen) atoms. The van der Waals surface area contributed by atoms with E-state index < -0.39 is 0 Å². The molecule has 2 heterocycles. The lowest BCUT2D eigenvalue weighted by Gasteiger charge is -1.97. The molecular formula is C15H12N2OS. The van der Waals surface area contributed by atoms with Crippen LogP contribution in [-0.4, -0.2) is 15.8 Å². The van der Waals surface area contributed by atoms with Crippen molar-refractivity contribution in [1.29, 1.82) is 0 Å². The van der Waals surface area contributed by atoms with Crippen molar-refractivity contribution in [3.63, 3.8) is 0 Å². The number of Topliss-reactive ketones (excluding diaryl/α,β-unsaturated/α-hetero) is 1. The lowest BCUT2D eigenvalue weighted by Crippen LogP contribution is -2.03. The third-order valence-electron chi connectivity index (χ3n) is 2.82. The summed E-state index contributed by atoms with van der Waals surface area (Å²) < 4.78 is 0. The number of nitrogens with one attached hydrogen (secondary N) is 1. The Morgan fingerprint density at radius 1 is 1.16 bits per heavy atom. The Morgan fingerprint density at radius 2 is 2.00 bits per heavy atom. The highest BCUT2D eigenvalue weighted by molar-refractivity contribution is 7.13. The number of benzene rings is 1. The second-order valence-corrected chi connectivity index (χ2v) is 5.05. The van der Waals surface area contributed by atoms with Gasteiger partial charge in [-0.2, -0.15) is 0 Å². The van der Waals surface area contributed by atoms with Crippen LogP contribution in [0.1, 0.15) is 16.1 Å². The van der Waals surface area contributed by atoms with Gasteiger partial charge in [0.25, 0.3) is 0 Å². The molecule has 1 N–H and O–H groups in total. The van der Waals surface area contributed by atoms with Gasteiger partial charge >= 0.3 is 0 Å². The van der Waals surface area contributed by atoms with Crippen LogP contribution in [-0.2, 0) is 6.42 Å². The zero-order valence-electron chi connectivity index (χ0n) is 10.2. The van der Waals surface area contributed by atoms with Gasteiger partial charge in [-0.1, -0.05) is 30.3 Å². The van der Waals surface area contributed by atoms with Crippen molar-refractivity contribution in [3.8, 4) is 10.7 Å². The van der Waals surface area contributed by atoms with Gasteiger partial charge in [0.15, 0.2) is 5.78 Å². The summed E-state index contributed by atoms with van der Waals surface area (Å²) in [6, 6.07) is 13.2. The fourth-order valence-electron chi connectivity index (χ4n) is 1.87. The summed E-state index contributed by atoms with van der Waals surface area (Å²) in [4.78, 5) is 19.7. The second kappa shape index (κ2) is 5.20. The Hall–Kier alpha value is -2.20. The van der Waals surface area contributed by atoms with Crippen LogP contribution >= 0.6 is 11.3 Å². The number of carbonyl (C=O) groups is 1. The van der Waals surface area contributed by atoms with Gasteiger partial charge in [-0.15, -0.1) is 11.3 Å². The molecule has 0 unspecified atom stereocenters. The molecule has 0 aliphatic heterocycles. The predicted octanol–water partition coefficient (Wildman–Crippen LogP) is 3.56. The van der Waals surface area contributed by atoms with Crippen molar-refractivity contribution in [2.45, 2.75) is 6.42 Å². The van der Waals surface area contributed by atoms with Crippen molar-refractivity contribution in [1.82, 2.24) is 9.97 Å². The van der Waals surface area contributed by atoms with E-state index in [0.717, 1.165) is 22.0 Å². The molecular weight excluding hydrogens is 256 g/mol. The second-order valence-electron chi connectivity index (χ2n) is 4.19. The summed E-state index contributed by atoms with van der Waals surface area (Å²) in [6.45, 7) is 0. The van der Waals surface area contributed by atoms with E-state index in [0.29, 0.717) is 6.42 Å². The molecule has 0 atom stereocenters. The number of aromatic amines is 1. The van der Waals surface area contributed by atoms with Gasteiger partial charge < -0.3 is 4.98 Å². The first-order valence-corrected chi connectivity index (χ1v) is 6.87. The number of ketones is 1. The first-order chi connectivity index (χ1) is 9.33. The van der Waals surface area contributed by atoms with Crippen molar-refractivity contribution in [3.05, 3.63) is 65.3 Å². The van der Waals surface area contributed by atoms with Crippen molar-refractivity contribution in [2.24, 2.45) is 0 Å². The zero-order chi connectivity index (χ0) is 13.1. The number of hydrogen-bond acceptors (Lipinski definition) is 3. The average molecular weight is 268 g/mol. The van der Waals surface area contributed by atoms with E-state index >= 15 is 0 Å². The molecule has 0 spiro atoms. The first kappa shape index (κ1) is 11.9. The van der Waals surface area contributed by atoms with E-state index in [1.807, 2.05) is 54.0 Å². The van der Waals surface area contributed by atoms with Gasteiger partial charge in [-0.25, -0.2) is 4.98 Å². The summed E-state index contributed by atoms with van der Waals surface area (Å²) in [7, 11) is 0. The fourth-order valence-corrected chi connectivity index (χ4v) is 2.67. The van der Waals surface area contributed by atoms with E-state index in [4.69, 9.17) is 0 Å². The molecule has 0 radical (unpaired) electrons. The maximum atomic E-state index is 12.1. The summed E-state index contributed by atoms with van der Waals surface area (Å²) >= 11 is 1.55. The fraction of sp³-hybridized carbons (Fsp3) is 0.0667. The number of rotatable bonds is 4. The molecule has 3 aromatic rings. The number of H-pyrrole nitrogens is 1. The zero-order valence-corrected chi connectivity index (χ0v) is 11.0. The van der Waals surface area contributed by atoms with Crippen LogP contribution in [0.25, 0.3) is 10.7 Å². The molecule has 0 amide bonds. The molecule has 94 valence electrons. The maximum absolute atomic E-state index is 12.1. The number of aromatic nitrogens is 2. The monoisotopic (exact) mass is 268 g/mol. The van der Waals surface area contributed by atoms with Crippen LogP contribution in [0, 0.1) is 0 Å². The normalized spacial score (nSPS) is 10.5. The quantitative estimate of drug-likeness (QED) is 0.735. The maximum Gasteiger partial charge on any atom is 0.168 e. The number of nitrogens with zero attached hydrogens (tertiary/aromatic N) is 1. The van der Waals surface area contributed by atoms with Gasteiger partial charge in [0.1, 0.15) is 5.01 Å². The van der Waals surface area contributed by atoms with Crippen LogP contribution in [0.3, 0.4) is 0 Å². The minimum atomic E-state index is 0.101. The molecule has 0 saturated heterocycles. The molecule has 1 aromatic carbocycles. The van der Waals surface area contributed by atoms with E-state index in [9.17, 15) is 4.79 Å². The molecule has 0 saturated carbocycles. The van der Waals surface area contributed by atoms with Gasteiger partial charge in [0.2, 0.25) is 0 Å². The lowest BCUT2D eigenvalue weighted by molar-refractivity contribution is 0.0992. The highest BCUT2D eigenvalue weighted by Crippen LogP contribution is 2.22. The van der Waals surface area contributed by atoms with Crippen LogP contribution < -0.4 is 0 Å². The summed E-state index contributed by atoms with van der Waals surface area (Å²) in [6.07, 6.45) is 2.22. The summed E-state index contributed by atoms with van der Waals surface area (Å²) in [5.74, 6) is 0.101. The largest absolute Gasteiger partial charge is 0.359 e. The first-order valence-electron chi connectivity index (χ1n) is 5.99. The average Bonchev–Trinajstić information content (AvgIpc) is 3.10. The number of hydrogen-bond donors (Lipinski definition) is 1. The van der Waals surface area contributed by atoms with E-state index in [-0.39, 0.29) is 5.78 Å². The Bertz CT molecular complexity index is 671. The summed E-state index contributed by atoms with van der Waals surface area (Å²) in [5, 5.41) is 2.86. The molecule has 2 aromatic heterocycles. The highest BCUT2D eigenvalue weighted by atomic mass is 32.1. The van der Waals surface area contributed by atoms with Crippen LogP contribution in [0.4, 0.5) is 0 Å². The van der Waals surface area contributed by atoms with E-state index in [1.54, 1.807) is 11.3 Å². The molecule has 4 heteroatoms. The smallest absolute Gasteiger partial charge is 0.168 e. The van der Waals surface area contributed by atoms with E-state index in [1.165, 1.54) is 0 Å². The molecule has 0 aliphatic carbocycles. The SMILES string of the molecule is O=C(Cc1csc(-c2ccc[nH]2)n1)c1ccccc1. The topological polar surface area (TPSA) is 45.8 Å². The molecule has 0 bridgehead atoms. The van der Waals surface area contributed by atoms with Crippen molar-refractivity contribution in [2.75, 3.05) is 0 Å². The number of carbonyl (C=O) groups excluding carboxylic acids is 1. The Balaban J connectivity index is 1.76. The van der Waals surface area contributed by atoms with Crippen molar-refractivity contribution >= 4 is 17.1 Å². The highest BCUT2D eigenvalue weighted by Gasteiger charge is 2.10. The van der Waals surface area contributed by atoms with Gasteiger partial charge in [-0.05, 0) is 12.1 Å². The van der Waals surface area contributed by atoms with Crippen molar-refractivity contribution < 1.29 is 4.79 Å². The Kier molecular flexibility index (Phi) is 3.25. The summed E-state index contributed by atoms with van der Waals surface area (Å²) in [5.41, 5.74) is 2.55. The van der Waals surface area contributed by atoms with Crippen LogP contribution in [0.2, 0.25) is 0 Å². The predicted molar refractivity (Wildman–Crippen MR) is 76.4 cm³/mol. The van der Waals surface area contributed by atoms with Gasteiger partial charge in [0, 0.05) is 17.1 Å². The third kappa shape index (κ3) is 2.63. The van der Waals surface area contributed by atoms with Crippen LogP contribution in [0.5, 0.6) is 0 Å². The molecule has 0 aliphatic rings. The van der Waals surface area contributed by atoms with Crippen LogP contribution in [0.15, 0.2) is 54.0 Å². The van der Waals surface area contributed by atoms with Gasteiger partial charge in [-0.3, -0.25) is 4.79 Å². The minimum absolute atomic E-state index is 0.101. The molecule has 3 rings (SSSR count). The molecule has 0 fully saturated rings. The Morgan fingerprint density at radius 3 is 2.74 bits per heavy atom. The van der Waals surface area contributed by atoms with E-state index in [2.05, 4.69) is 9.97 Å².